The SMILES string of the molecule is CCOc1ccccc1NC(=O)COc1ccc(N(Cc2ccccc2F)S(C)(=O)=O)cc1. The van der Waals surface area contributed by atoms with Gasteiger partial charge in [-0.05, 0) is 49.4 Å². The maximum absolute atomic E-state index is 14.0. The highest BCUT2D eigenvalue weighted by Gasteiger charge is 2.19. The van der Waals surface area contributed by atoms with Gasteiger partial charge < -0.3 is 14.8 Å². The smallest absolute Gasteiger partial charge is 0.262 e. The summed E-state index contributed by atoms with van der Waals surface area (Å²) in [4.78, 5) is 12.3. The summed E-state index contributed by atoms with van der Waals surface area (Å²) in [6, 6.07) is 19.3. The Labute approximate surface area is 192 Å². The molecule has 7 nitrogen and oxygen atoms in total. The van der Waals surface area contributed by atoms with E-state index in [1.807, 2.05) is 13.0 Å². The predicted molar refractivity (Wildman–Crippen MR) is 126 cm³/mol. The molecule has 0 bridgehead atoms. The molecule has 0 aliphatic carbocycles. The van der Waals surface area contributed by atoms with Crippen molar-refractivity contribution in [1.82, 2.24) is 0 Å². The maximum atomic E-state index is 14.0. The van der Waals surface area contributed by atoms with E-state index in [2.05, 4.69) is 5.32 Å². The average Bonchev–Trinajstić information content (AvgIpc) is 2.78. The lowest BCUT2D eigenvalue weighted by atomic mass is 10.2. The van der Waals surface area contributed by atoms with Gasteiger partial charge in [-0.1, -0.05) is 30.3 Å². The van der Waals surface area contributed by atoms with Gasteiger partial charge in [-0.25, -0.2) is 12.8 Å². The highest BCUT2D eigenvalue weighted by Crippen LogP contribution is 2.25. The fourth-order valence-electron chi connectivity index (χ4n) is 3.08. The first-order valence-corrected chi connectivity index (χ1v) is 12.1. The normalized spacial score (nSPS) is 11.0. The highest BCUT2D eigenvalue weighted by molar-refractivity contribution is 7.92. The molecule has 3 aromatic rings. The molecule has 3 rings (SSSR count). The number of carbonyl (C=O) groups excluding carboxylic acids is 1. The van der Waals surface area contributed by atoms with Crippen LogP contribution in [0.3, 0.4) is 0 Å². The van der Waals surface area contributed by atoms with Crippen LogP contribution in [0.4, 0.5) is 15.8 Å². The molecule has 0 spiro atoms. The van der Waals surface area contributed by atoms with E-state index >= 15 is 0 Å². The van der Waals surface area contributed by atoms with Crippen molar-refractivity contribution in [2.24, 2.45) is 0 Å². The van der Waals surface area contributed by atoms with Crippen molar-refractivity contribution in [3.05, 3.63) is 84.2 Å². The summed E-state index contributed by atoms with van der Waals surface area (Å²) in [6.45, 7) is 1.93. The first kappa shape index (κ1) is 24.1. The van der Waals surface area contributed by atoms with E-state index in [9.17, 15) is 17.6 Å². The Kier molecular flexibility index (Phi) is 7.89. The number of hydrogen-bond donors (Lipinski definition) is 1. The van der Waals surface area contributed by atoms with E-state index in [4.69, 9.17) is 9.47 Å². The van der Waals surface area contributed by atoms with Crippen molar-refractivity contribution in [3.8, 4) is 11.5 Å². The number of carbonyl (C=O) groups is 1. The van der Waals surface area contributed by atoms with Crippen LogP contribution in [0.1, 0.15) is 12.5 Å². The molecule has 0 aliphatic rings. The second-order valence-corrected chi connectivity index (χ2v) is 9.03. The van der Waals surface area contributed by atoms with Gasteiger partial charge in [-0.2, -0.15) is 0 Å². The molecule has 0 radical (unpaired) electrons. The lowest BCUT2D eigenvalue weighted by molar-refractivity contribution is -0.118. The third kappa shape index (κ3) is 6.69. The molecule has 33 heavy (non-hydrogen) atoms. The molecule has 0 aliphatic heterocycles. The summed E-state index contributed by atoms with van der Waals surface area (Å²) in [6.07, 6.45) is 1.06. The van der Waals surface area contributed by atoms with Crippen molar-refractivity contribution in [2.45, 2.75) is 13.5 Å². The van der Waals surface area contributed by atoms with Crippen LogP contribution in [-0.2, 0) is 21.4 Å². The third-order valence-corrected chi connectivity index (χ3v) is 5.77. The lowest BCUT2D eigenvalue weighted by Gasteiger charge is -2.23. The highest BCUT2D eigenvalue weighted by atomic mass is 32.2. The van der Waals surface area contributed by atoms with Crippen LogP contribution in [0, 0.1) is 5.82 Å². The van der Waals surface area contributed by atoms with Gasteiger partial charge in [-0.3, -0.25) is 9.10 Å². The number of anilines is 2. The summed E-state index contributed by atoms with van der Waals surface area (Å²) >= 11 is 0. The number of ether oxygens (including phenoxy) is 2. The van der Waals surface area contributed by atoms with Crippen LogP contribution in [0.15, 0.2) is 72.8 Å². The first-order valence-electron chi connectivity index (χ1n) is 10.2. The number of hydrogen-bond acceptors (Lipinski definition) is 5. The number of rotatable bonds is 10. The first-order chi connectivity index (χ1) is 15.8. The van der Waals surface area contributed by atoms with Gasteiger partial charge in [0.15, 0.2) is 6.61 Å². The van der Waals surface area contributed by atoms with Crippen LogP contribution in [0.25, 0.3) is 0 Å². The van der Waals surface area contributed by atoms with Crippen LogP contribution in [0.2, 0.25) is 0 Å². The average molecular weight is 473 g/mol. The molecule has 9 heteroatoms. The number of nitrogens with zero attached hydrogens (tertiary/aromatic N) is 1. The van der Waals surface area contributed by atoms with Gasteiger partial charge in [0, 0.05) is 5.56 Å². The van der Waals surface area contributed by atoms with Crippen molar-refractivity contribution >= 4 is 27.3 Å². The fourth-order valence-corrected chi connectivity index (χ4v) is 3.95. The second-order valence-electron chi connectivity index (χ2n) is 7.12. The molecule has 1 amide bonds. The Morgan fingerprint density at radius 1 is 0.970 bits per heavy atom. The van der Waals surface area contributed by atoms with E-state index in [1.165, 1.54) is 12.1 Å². The largest absolute Gasteiger partial charge is 0.492 e. The Morgan fingerprint density at radius 3 is 2.30 bits per heavy atom. The fraction of sp³-hybridized carbons (Fsp3) is 0.208. The van der Waals surface area contributed by atoms with Gasteiger partial charge in [0.25, 0.3) is 5.91 Å². The van der Waals surface area contributed by atoms with Crippen molar-refractivity contribution in [2.75, 3.05) is 29.1 Å². The molecule has 0 fully saturated rings. The summed E-state index contributed by atoms with van der Waals surface area (Å²) in [5.41, 5.74) is 1.15. The number of benzene rings is 3. The second kappa shape index (κ2) is 10.8. The Hall–Kier alpha value is -3.59. The molecule has 174 valence electrons. The molecule has 0 atom stereocenters. The van der Waals surface area contributed by atoms with E-state index in [0.29, 0.717) is 29.5 Å². The minimum Gasteiger partial charge on any atom is -0.492 e. The summed E-state index contributed by atoms with van der Waals surface area (Å²) in [7, 11) is -3.67. The summed E-state index contributed by atoms with van der Waals surface area (Å²) in [5, 5.41) is 2.74. The molecular formula is C24H25FN2O5S. The van der Waals surface area contributed by atoms with E-state index in [1.54, 1.807) is 54.6 Å². The molecular weight excluding hydrogens is 447 g/mol. The zero-order chi connectivity index (χ0) is 23.8. The Balaban J connectivity index is 1.65. The van der Waals surface area contributed by atoms with E-state index in [-0.39, 0.29) is 24.6 Å². The van der Waals surface area contributed by atoms with Crippen LogP contribution >= 0.6 is 0 Å². The van der Waals surface area contributed by atoms with Crippen LogP contribution < -0.4 is 19.1 Å². The van der Waals surface area contributed by atoms with Gasteiger partial charge in [0.2, 0.25) is 10.0 Å². The van der Waals surface area contributed by atoms with Gasteiger partial charge >= 0.3 is 0 Å². The quantitative estimate of drug-likeness (QED) is 0.478. The number of halogens is 1. The minimum atomic E-state index is -3.67. The van der Waals surface area contributed by atoms with E-state index < -0.39 is 15.8 Å². The van der Waals surface area contributed by atoms with Crippen LogP contribution in [0.5, 0.6) is 11.5 Å². The number of sulfonamides is 1. The van der Waals surface area contributed by atoms with Gasteiger partial charge in [0.1, 0.15) is 17.3 Å². The minimum absolute atomic E-state index is 0.145. The Bertz CT molecular complexity index is 1200. The predicted octanol–water partition coefficient (Wildman–Crippen LogP) is 4.21. The zero-order valence-electron chi connectivity index (χ0n) is 18.3. The molecule has 0 aromatic heterocycles. The number of para-hydroxylation sites is 2. The zero-order valence-corrected chi connectivity index (χ0v) is 19.1. The molecule has 0 saturated heterocycles. The number of amides is 1. The maximum Gasteiger partial charge on any atom is 0.262 e. The van der Waals surface area contributed by atoms with Crippen molar-refractivity contribution in [3.63, 3.8) is 0 Å². The summed E-state index contributed by atoms with van der Waals surface area (Å²) < 4.78 is 50.7. The monoisotopic (exact) mass is 472 g/mol. The Morgan fingerprint density at radius 2 is 1.64 bits per heavy atom. The summed E-state index contributed by atoms with van der Waals surface area (Å²) in [5.74, 6) is 0.0892. The van der Waals surface area contributed by atoms with E-state index in [0.717, 1.165) is 10.6 Å². The molecule has 0 unspecified atom stereocenters. The lowest BCUT2D eigenvalue weighted by Crippen LogP contribution is -2.29. The van der Waals surface area contributed by atoms with Crippen LogP contribution in [-0.4, -0.2) is 33.8 Å². The molecule has 0 saturated carbocycles. The number of nitrogens with one attached hydrogen (secondary N) is 1. The van der Waals surface area contributed by atoms with Crippen molar-refractivity contribution < 1.29 is 27.1 Å². The van der Waals surface area contributed by atoms with Gasteiger partial charge in [-0.15, -0.1) is 0 Å². The molecule has 3 aromatic carbocycles. The molecule has 1 N–H and O–H groups in total. The standard InChI is InChI=1S/C24H25FN2O5S/c1-3-31-23-11-7-6-10-22(23)26-24(28)17-32-20-14-12-19(13-15-20)27(33(2,29)30)16-18-8-4-5-9-21(18)25/h4-15H,3,16-17H2,1-2H3,(H,26,28). The topological polar surface area (TPSA) is 84.9 Å². The van der Waals surface area contributed by atoms with Crippen molar-refractivity contribution in [1.29, 1.82) is 0 Å². The third-order valence-electron chi connectivity index (χ3n) is 4.63. The molecule has 0 heterocycles. The van der Waals surface area contributed by atoms with Gasteiger partial charge in [0.05, 0.1) is 30.8 Å².